The molecule has 140 valence electrons. The van der Waals surface area contributed by atoms with Gasteiger partial charge in [-0.1, -0.05) is 38.5 Å². The second kappa shape index (κ2) is 7.68. The Hall–Kier alpha value is -2.04. The van der Waals surface area contributed by atoms with E-state index in [2.05, 4.69) is 9.88 Å². The molecule has 2 aliphatic rings. The van der Waals surface area contributed by atoms with E-state index in [1.807, 2.05) is 18.2 Å². The first-order valence-electron chi connectivity index (χ1n) is 10.1. The van der Waals surface area contributed by atoms with Crippen LogP contribution in [-0.4, -0.2) is 28.7 Å². The molecule has 2 aromatic rings. The summed E-state index contributed by atoms with van der Waals surface area (Å²) in [6.45, 7) is 0. The van der Waals surface area contributed by atoms with Crippen LogP contribution in [0.1, 0.15) is 80.6 Å². The fourth-order valence-corrected chi connectivity index (χ4v) is 4.58. The van der Waals surface area contributed by atoms with Crippen molar-refractivity contribution in [2.75, 3.05) is 12.4 Å². The molecule has 26 heavy (non-hydrogen) atoms. The van der Waals surface area contributed by atoms with Gasteiger partial charge in [0, 0.05) is 12.1 Å². The lowest BCUT2D eigenvalue weighted by atomic mass is 9.94. The first kappa shape index (κ1) is 17.4. The number of methoxy groups -OCH3 is 1. The van der Waals surface area contributed by atoms with Crippen LogP contribution in [0.3, 0.4) is 0 Å². The number of carbonyl (C=O) groups excluding carboxylic acids is 1. The van der Waals surface area contributed by atoms with E-state index in [9.17, 15) is 4.79 Å². The number of anilines is 1. The molecule has 0 unspecified atom stereocenters. The summed E-state index contributed by atoms with van der Waals surface area (Å²) in [7, 11) is 1.43. The Morgan fingerprint density at radius 1 is 1.08 bits per heavy atom. The summed E-state index contributed by atoms with van der Waals surface area (Å²) in [6, 6.07) is 6.70. The molecule has 0 amide bonds. The molecule has 0 radical (unpaired) electrons. The first-order valence-corrected chi connectivity index (χ1v) is 10.1. The van der Waals surface area contributed by atoms with Gasteiger partial charge in [-0.15, -0.1) is 0 Å². The summed E-state index contributed by atoms with van der Waals surface area (Å²) in [6.07, 6.45) is 12.6. The van der Waals surface area contributed by atoms with Gasteiger partial charge in [-0.05, 0) is 43.9 Å². The van der Waals surface area contributed by atoms with Gasteiger partial charge < -0.3 is 14.6 Å². The van der Waals surface area contributed by atoms with Gasteiger partial charge >= 0.3 is 5.97 Å². The zero-order valence-corrected chi connectivity index (χ0v) is 15.7. The molecule has 5 heteroatoms. The minimum atomic E-state index is -0.287. The van der Waals surface area contributed by atoms with E-state index in [-0.39, 0.29) is 5.97 Å². The van der Waals surface area contributed by atoms with Crippen LogP contribution in [0.4, 0.5) is 5.95 Å². The number of hydrogen-bond donors (Lipinski definition) is 1. The normalized spacial score (nSPS) is 19.6. The van der Waals surface area contributed by atoms with E-state index in [1.54, 1.807) is 0 Å². The van der Waals surface area contributed by atoms with E-state index >= 15 is 0 Å². The van der Waals surface area contributed by atoms with Crippen molar-refractivity contribution in [3.63, 3.8) is 0 Å². The van der Waals surface area contributed by atoms with Gasteiger partial charge in [0.2, 0.25) is 5.95 Å². The lowest BCUT2D eigenvalue weighted by molar-refractivity contribution is 0.0601. The van der Waals surface area contributed by atoms with E-state index in [0.717, 1.165) is 17.0 Å². The molecule has 0 spiro atoms. The Bertz CT molecular complexity index is 771. The lowest BCUT2D eigenvalue weighted by Crippen LogP contribution is -2.25. The van der Waals surface area contributed by atoms with Crippen LogP contribution in [0.2, 0.25) is 0 Å². The molecule has 0 bridgehead atoms. The Morgan fingerprint density at radius 2 is 1.77 bits per heavy atom. The van der Waals surface area contributed by atoms with Gasteiger partial charge in [0.25, 0.3) is 0 Å². The maximum atomic E-state index is 12.0. The monoisotopic (exact) mass is 355 g/mol. The molecule has 2 saturated carbocycles. The molecule has 0 atom stereocenters. The van der Waals surface area contributed by atoms with Crippen molar-refractivity contribution in [2.24, 2.45) is 0 Å². The second-order valence-electron chi connectivity index (χ2n) is 7.77. The fourth-order valence-electron chi connectivity index (χ4n) is 4.58. The number of nitrogens with one attached hydrogen (secondary N) is 1. The molecule has 0 aliphatic heterocycles. The zero-order valence-electron chi connectivity index (χ0n) is 15.7. The van der Waals surface area contributed by atoms with E-state index < -0.39 is 0 Å². The third-order valence-electron chi connectivity index (χ3n) is 5.99. The zero-order chi connectivity index (χ0) is 17.9. The summed E-state index contributed by atoms with van der Waals surface area (Å²) < 4.78 is 7.29. The third-order valence-corrected chi connectivity index (χ3v) is 5.99. The van der Waals surface area contributed by atoms with Gasteiger partial charge in [0.05, 0.1) is 23.7 Å². The highest BCUT2D eigenvalue weighted by Gasteiger charge is 2.24. The molecule has 0 saturated heterocycles. The topological polar surface area (TPSA) is 56.1 Å². The average Bonchev–Trinajstić information content (AvgIpc) is 3.05. The Morgan fingerprint density at radius 3 is 2.46 bits per heavy atom. The number of nitrogens with zero attached hydrogens (tertiary/aromatic N) is 2. The second-order valence-corrected chi connectivity index (χ2v) is 7.77. The molecule has 2 aliphatic carbocycles. The van der Waals surface area contributed by atoms with Gasteiger partial charge in [0.1, 0.15) is 0 Å². The predicted molar refractivity (Wildman–Crippen MR) is 104 cm³/mol. The number of fused-ring (bicyclic) bond motifs is 1. The molecule has 2 fully saturated rings. The summed E-state index contributed by atoms with van der Waals surface area (Å²) in [5, 5.41) is 3.73. The Labute approximate surface area is 155 Å². The standard InChI is InChI=1S/C21H29N3O2/c1-26-20(25)15-12-13-18-19(14-15)24(17-10-6-3-7-11-17)21(23-18)22-16-8-4-2-5-9-16/h12-14,16-17H,2-11H2,1H3,(H,22,23). The number of benzene rings is 1. The summed E-state index contributed by atoms with van der Waals surface area (Å²) in [4.78, 5) is 16.9. The first-order chi connectivity index (χ1) is 12.8. The third kappa shape index (κ3) is 3.44. The molecule has 1 aromatic heterocycles. The quantitative estimate of drug-likeness (QED) is 0.778. The number of aromatic nitrogens is 2. The summed E-state index contributed by atoms with van der Waals surface area (Å²) in [5.41, 5.74) is 2.61. The van der Waals surface area contributed by atoms with Crippen molar-refractivity contribution >= 4 is 23.0 Å². The maximum Gasteiger partial charge on any atom is 0.337 e. The predicted octanol–water partition coefficient (Wildman–Crippen LogP) is 5.07. The molecule has 4 rings (SSSR count). The van der Waals surface area contributed by atoms with Crippen molar-refractivity contribution in [2.45, 2.75) is 76.3 Å². The fraction of sp³-hybridized carbons (Fsp3) is 0.619. The maximum absolute atomic E-state index is 12.0. The Balaban J connectivity index is 1.74. The summed E-state index contributed by atoms with van der Waals surface area (Å²) in [5.74, 6) is 0.700. The minimum absolute atomic E-state index is 0.287. The van der Waals surface area contributed by atoms with Crippen LogP contribution in [0.15, 0.2) is 18.2 Å². The van der Waals surface area contributed by atoms with Gasteiger partial charge in [-0.2, -0.15) is 0 Å². The highest BCUT2D eigenvalue weighted by molar-refractivity contribution is 5.94. The minimum Gasteiger partial charge on any atom is -0.465 e. The smallest absolute Gasteiger partial charge is 0.337 e. The van der Waals surface area contributed by atoms with Crippen molar-refractivity contribution in [3.05, 3.63) is 23.8 Å². The summed E-state index contributed by atoms with van der Waals surface area (Å²) >= 11 is 0. The van der Waals surface area contributed by atoms with E-state index in [1.165, 1.54) is 71.3 Å². The molecule has 1 heterocycles. The SMILES string of the molecule is COC(=O)c1ccc2nc(NC3CCCCC3)n(C3CCCCC3)c2c1. The van der Waals surface area contributed by atoms with Crippen molar-refractivity contribution in [1.82, 2.24) is 9.55 Å². The highest BCUT2D eigenvalue weighted by Crippen LogP contribution is 2.35. The molecule has 1 aromatic carbocycles. The van der Waals surface area contributed by atoms with Crippen molar-refractivity contribution < 1.29 is 9.53 Å². The van der Waals surface area contributed by atoms with Crippen LogP contribution in [-0.2, 0) is 4.74 Å². The van der Waals surface area contributed by atoms with Crippen LogP contribution >= 0.6 is 0 Å². The number of carbonyl (C=O) groups is 1. The highest BCUT2D eigenvalue weighted by atomic mass is 16.5. The largest absolute Gasteiger partial charge is 0.465 e. The number of imidazole rings is 1. The van der Waals surface area contributed by atoms with Gasteiger partial charge in [-0.3, -0.25) is 0 Å². The van der Waals surface area contributed by atoms with Gasteiger partial charge in [0.15, 0.2) is 0 Å². The average molecular weight is 355 g/mol. The Kier molecular flexibility index (Phi) is 5.14. The molecular formula is C21H29N3O2. The lowest BCUT2D eigenvalue weighted by Gasteiger charge is -2.28. The number of esters is 1. The molecule has 1 N–H and O–H groups in total. The van der Waals surface area contributed by atoms with Crippen molar-refractivity contribution in [3.8, 4) is 0 Å². The van der Waals surface area contributed by atoms with Crippen LogP contribution in [0.5, 0.6) is 0 Å². The van der Waals surface area contributed by atoms with E-state index in [0.29, 0.717) is 17.6 Å². The number of ether oxygens (including phenoxy) is 1. The number of rotatable bonds is 4. The van der Waals surface area contributed by atoms with Crippen molar-refractivity contribution in [1.29, 1.82) is 0 Å². The molecular weight excluding hydrogens is 326 g/mol. The van der Waals surface area contributed by atoms with Crippen LogP contribution < -0.4 is 5.32 Å². The van der Waals surface area contributed by atoms with Crippen LogP contribution in [0.25, 0.3) is 11.0 Å². The molecule has 5 nitrogen and oxygen atoms in total. The van der Waals surface area contributed by atoms with Gasteiger partial charge in [-0.25, -0.2) is 9.78 Å². The van der Waals surface area contributed by atoms with E-state index in [4.69, 9.17) is 9.72 Å². The number of hydrogen-bond acceptors (Lipinski definition) is 4. The van der Waals surface area contributed by atoms with Crippen LogP contribution in [0, 0.1) is 0 Å².